The minimum Gasteiger partial charge on any atom is -0.481 e. The van der Waals surface area contributed by atoms with Crippen LogP contribution < -0.4 is 32.5 Å². The molecule has 0 heterocycles. The molecule has 20 nitrogen and oxygen atoms in total. The Labute approximate surface area is 348 Å². The summed E-state index contributed by atoms with van der Waals surface area (Å²) in [6.07, 6.45) is 14.2. The Morgan fingerprint density at radius 1 is 0.424 bits per heavy atom. The zero-order valence-corrected chi connectivity index (χ0v) is 34.8. The maximum Gasteiger partial charge on any atom is 0.326 e. The Kier molecular flexibility index (Phi) is 36.9. The first-order valence-electron chi connectivity index (χ1n) is 21.0. The largest absolute Gasteiger partial charge is 0.481 e. The van der Waals surface area contributed by atoms with Crippen LogP contribution in [0.15, 0.2) is 0 Å². The van der Waals surface area contributed by atoms with Gasteiger partial charge < -0.3 is 55.5 Å². The van der Waals surface area contributed by atoms with Crippen LogP contribution >= 0.6 is 0 Å². The van der Waals surface area contributed by atoms with E-state index in [0.717, 1.165) is 51.4 Å². The lowest BCUT2D eigenvalue weighted by molar-refractivity contribution is -0.142. The number of carbonyl (C=O) groups excluding carboxylic acids is 4. The monoisotopic (exact) mass is 849 g/mol. The fourth-order valence-corrected chi connectivity index (χ4v) is 5.59. The van der Waals surface area contributed by atoms with Crippen molar-refractivity contribution in [2.75, 3.05) is 72.5 Å². The van der Waals surface area contributed by atoms with Crippen LogP contribution in [-0.2, 0) is 52.5 Å². The van der Waals surface area contributed by atoms with E-state index in [1.807, 2.05) is 0 Å². The summed E-state index contributed by atoms with van der Waals surface area (Å²) in [6.45, 7) is 1.72. The standard InChI is InChI=1S/C39H72N6O14/c40-45-32(39(54)55)15-13-14-20-41-35(48)29-58-27-26-57-24-22-43-36(49)30-59-28-25-56-23-21-42-33(46)19-18-31(38(52)53)44-34(47)16-11-9-7-5-3-1-2-4-6-8-10-12-17-37(50)51/h31-32,45H,1-30,40H2,(H,41,48)(H,42,46)(H,43,49)(H,44,47)(H,50,51)(H,52,53)(H,54,55)/t31-,32-/m0/s1. The molecule has 0 spiro atoms. The highest BCUT2D eigenvalue weighted by Gasteiger charge is 2.21. The van der Waals surface area contributed by atoms with E-state index in [0.29, 0.717) is 32.2 Å². The Bertz CT molecular complexity index is 1170. The average molecular weight is 849 g/mol. The van der Waals surface area contributed by atoms with Crippen LogP contribution in [0.4, 0.5) is 0 Å². The van der Waals surface area contributed by atoms with E-state index in [1.165, 1.54) is 19.3 Å². The van der Waals surface area contributed by atoms with Gasteiger partial charge in [0.2, 0.25) is 23.6 Å². The molecule has 4 amide bonds. The average Bonchev–Trinajstić information content (AvgIpc) is 3.19. The number of nitrogens with two attached hydrogens (primary N) is 1. The number of carbonyl (C=O) groups is 7. The molecular formula is C39H72N6O14. The van der Waals surface area contributed by atoms with Gasteiger partial charge in [0.15, 0.2) is 0 Å². The maximum atomic E-state index is 12.3. The number of carboxylic acids is 3. The number of aliphatic carboxylic acids is 3. The molecular weight excluding hydrogens is 776 g/mol. The van der Waals surface area contributed by atoms with Crippen molar-refractivity contribution in [3.05, 3.63) is 0 Å². The van der Waals surface area contributed by atoms with Crippen LogP contribution in [0.3, 0.4) is 0 Å². The molecule has 0 radical (unpaired) electrons. The van der Waals surface area contributed by atoms with Crippen molar-refractivity contribution in [3.8, 4) is 0 Å². The van der Waals surface area contributed by atoms with Crippen LogP contribution in [0, 0.1) is 0 Å². The SMILES string of the molecule is NN[C@@H](CCCCNC(=O)COCCOCCNC(=O)COCCOCCNC(=O)CC[C@H](NC(=O)CCCCCCCCCCCCCCC(=O)O)C(=O)O)C(=O)O. The Balaban J connectivity index is 3.66. The van der Waals surface area contributed by atoms with Crippen molar-refractivity contribution in [1.82, 2.24) is 26.7 Å². The van der Waals surface area contributed by atoms with Crippen molar-refractivity contribution in [3.63, 3.8) is 0 Å². The molecule has 10 N–H and O–H groups in total. The van der Waals surface area contributed by atoms with Crippen molar-refractivity contribution < 1.29 is 67.8 Å². The Morgan fingerprint density at radius 2 is 0.864 bits per heavy atom. The molecule has 59 heavy (non-hydrogen) atoms. The fourth-order valence-electron chi connectivity index (χ4n) is 5.59. The van der Waals surface area contributed by atoms with Gasteiger partial charge in [0.1, 0.15) is 25.3 Å². The molecule has 0 aliphatic heterocycles. The molecule has 0 unspecified atom stereocenters. The van der Waals surface area contributed by atoms with Crippen molar-refractivity contribution in [2.24, 2.45) is 5.84 Å². The third-order valence-electron chi connectivity index (χ3n) is 8.93. The molecule has 0 bridgehead atoms. The van der Waals surface area contributed by atoms with Gasteiger partial charge in [-0.2, -0.15) is 0 Å². The van der Waals surface area contributed by atoms with Crippen molar-refractivity contribution >= 4 is 41.5 Å². The summed E-state index contributed by atoms with van der Waals surface area (Å²) >= 11 is 0. The van der Waals surface area contributed by atoms with Gasteiger partial charge in [-0.15, -0.1) is 0 Å². The number of hydrazine groups is 1. The van der Waals surface area contributed by atoms with Crippen molar-refractivity contribution in [2.45, 2.75) is 134 Å². The number of rotatable bonds is 43. The molecule has 0 saturated carbocycles. The number of hydrogen-bond acceptors (Lipinski definition) is 13. The van der Waals surface area contributed by atoms with Crippen LogP contribution in [0.25, 0.3) is 0 Å². The summed E-state index contributed by atoms with van der Waals surface area (Å²) in [5.41, 5.74) is 2.22. The molecule has 0 aromatic rings. The highest BCUT2D eigenvalue weighted by Crippen LogP contribution is 2.13. The molecule has 0 rings (SSSR count). The number of hydrogen-bond donors (Lipinski definition) is 9. The summed E-state index contributed by atoms with van der Waals surface area (Å²) in [5.74, 6) is 0.877. The zero-order chi connectivity index (χ0) is 43.8. The van der Waals surface area contributed by atoms with Crippen LogP contribution in [-0.4, -0.2) is 141 Å². The third kappa shape index (κ3) is 38.0. The Hall–Kier alpha value is -3.95. The Morgan fingerprint density at radius 3 is 1.34 bits per heavy atom. The number of ether oxygens (including phenoxy) is 4. The fraction of sp³-hybridized carbons (Fsp3) is 0.821. The summed E-state index contributed by atoms with van der Waals surface area (Å²) in [4.78, 5) is 81.1. The molecule has 0 aliphatic rings. The number of unbranched alkanes of at least 4 members (excludes halogenated alkanes) is 12. The second kappa shape index (κ2) is 39.5. The summed E-state index contributed by atoms with van der Waals surface area (Å²) in [5, 5.41) is 37.5. The second-order valence-electron chi connectivity index (χ2n) is 14.1. The van der Waals surface area contributed by atoms with E-state index in [9.17, 15) is 38.7 Å². The smallest absolute Gasteiger partial charge is 0.326 e. The van der Waals surface area contributed by atoms with Crippen molar-refractivity contribution in [1.29, 1.82) is 0 Å². The van der Waals surface area contributed by atoms with Gasteiger partial charge in [0.25, 0.3) is 0 Å². The highest BCUT2D eigenvalue weighted by atomic mass is 16.5. The molecule has 342 valence electrons. The maximum absolute atomic E-state index is 12.3. The molecule has 2 atom stereocenters. The topological polar surface area (TPSA) is 303 Å². The van der Waals surface area contributed by atoms with Gasteiger partial charge in [-0.05, 0) is 38.5 Å². The molecule has 0 aromatic carbocycles. The number of nitrogens with one attached hydrogen (secondary N) is 5. The van der Waals surface area contributed by atoms with Crippen LogP contribution in [0.1, 0.15) is 122 Å². The predicted molar refractivity (Wildman–Crippen MR) is 216 cm³/mol. The molecule has 0 fully saturated rings. The third-order valence-corrected chi connectivity index (χ3v) is 8.93. The van der Waals surface area contributed by atoms with E-state index >= 15 is 0 Å². The number of amides is 4. The molecule has 20 heteroatoms. The first kappa shape index (κ1) is 55.0. The number of carboxylic acid groups (broad SMARTS) is 3. The zero-order valence-electron chi connectivity index (χ0n) is 34.8. The normalized spacial score (nSPS) is 12.0. The molecule has 0 aliphatic carbocycles. The lowest BCUT2D eigenvalue weighted by Crippen LogP contribution is -2.41. The first-order valence-corrected chi connectivity index (χ1v) is 21.0. The minimum atomic E-state index is -1.19. The first-order chi connectivity index (χ1) is 28.5. The van der Waals surface area contributed by atoms with Gasteiger partial charge in [0, 0.05) is 38.9 Å². The second-order valence-corrected chi connectivity index (χ2v) is 14.1. The quantitative estimate of drug-likeness (QED) is 0.0238. The van der Waals surface area contributed by atoms with Gasteiger partial charge in [-0.1, -0.05) is 64.2 Å². The lowest BCUT2D eigenvalue weighted by atomic mass is 10.0. The molecule has 0 aromatic heterocycles. The van der Waals surface area contributed by atoms with Gasteiger partial charge in [0.05, 0.1) is 39.6 Å². The predicted octanol–water partition coefficient (Wildman–Crippen LogP) is 1.38. The molecule has 0 saturated heterocycles. The van der Waals surface area contributed by atoms with Crippen LogP contribution in [0.2, 0.25) is 0 Å². The van der Waals surface area contributed by atoms with Gasteiger partial charge in [-0.25, -0.2) is 10.2 Å². The van der Waals surface area contributed by atoms with E-state index < -0.39 is 30.0 Å². The van der Waals surface area contributed by atoms with E-state index in [1.54, 1.807) is 0 Å². The van der Waals surface area contributed by atoms with Crippen LogP contribution in [0.5, 0.6) is 0 Å². The highest BCUT2D eigenvalue weighted by molar-refractivity contribution is 5.84. The minimum absolute atomic E-state index is 0.0373. The summed E-state index contributed by atoms with van der Waals surface area (Å²) < 4.78 is 21.2. The van der Waals surface area contributed by atoms with E-state index in [-0.39, 0.29) is 115 Å². The summed E-state index contributed by atoms with van der Waals surface area (Å²) in [6, 6.07) is -1.97. The van der Waals surface area contributed by atoms with E-state index in [4.69, 9.17) is 35.0 Å². The lowest BCUT2D eigenvalue weighted by Gasteiger charge is -2.14. The van der Waals surface area contributed by atoms with Gasteiger partial charge >= 0.3 is 17.9 Å². The van der Waals surface area contributed by atoms with E-state index in [2.05, 4.69) is 26.7 Å². The summed E-state index contributed by atoms with van der Waals surface area (Å²) in [7, 11) is 0. The van der Waals surface area contributed by atoms with Gasteiger partial charge in [-0.3, -0.25) is 34.6 Å².